The highest BCUT2D eigenvalue weighted by atomic mass is 32.2. The number of imidazole rings is 1. The maximum Gasteiger partial charge on any atom is 0.338 e. The van der Waals surface area contributed by atoms with Crippen molar-refractivity contribution in [3.05, 3.63) is 47.8 Å². The molecule has 0 unspecified atom stereocenters. The predicted molar refractivity (Wildman–Crippen MR) is 85.7 cm³/mol. The Morgan fingerprint density at radius 3 is 2.30 bits per heavy atom. The molecule has 0 radical (unpaired) electrons. The Labute approximate surface area is 136 Å². The van der Waals surface area contributed by atoms with Crippen molar-refractivity contribution in [1.82, 2.24) is 9.55 Å². The lowest BCUT2D eigenvalue weighted by Crippen LogP contribution is -2.23. The summed E-state index contributed by atoms with van der Waals surface area (Å²) in [6, 6.07) is 6.36. The number of benzene rings is 1. The number of sulfone groups is 1. The number of esters is 1. The number of carbonyl (C=O) groups is 1. The SMILES string of the molecule is Cn1ccnc1S(=O)(=O)Cc1ccc(C(=O)OC(C)(C)C)cc1. The van der Waals surface area contributed by atoms with Crippen molar-refractivity contribution >= 4 is 15.8 Å². The average Bonchev–Trinajstić information content (AvgIpc) is 2.84. The Kier molecular flexibility index (Phi) is 4.61. The number of aromatic nitrogens is 2. The van der Waals surface area contributed by atoms with Gasteiger partial charge < -0.3 is 9.30 Å². The van der Waals surface area contributed by atoms with Crippen molar-refractivity contribution in [3.8, 4) is 0 Å². The van der Waals surface area contributed by atoms with Crippen LogP contribution in [0.1, 0.15) is 36.7 Å². The van der Waals surface area contributed by atoms with Crippen LogP contribution in [0.15, 0.2) is 41.8 Å². The summed E-state index contributed by atoms with van der Waals surface area (Å²) in [5.41, 5.74) is 0.399. The Hall–Kier alpha value is -2.15. The fraction of sp³-hybridized carbons (Fsp3) is 0.375. The minimum Gasteiger partial charge on any atom is -0.456 e. The van der Waals surface area contributed by atoms with E-state index in [4.69, 9.17) is 4.74 Å². The number of hydrogen-bond acceptors (Lipinski definition) is 5. The summed E-state index contributed by atoms with van der Waals surface area (Å²) in [6.07, 6.45) is 3.02. The Morgan fingerprint density at radius 2 is 1.83 bits per heavy atom. The standard InChI is InChI=1S/C16H20N2O4S/c1-16(2,3)22-14(19)13-7-5-12(6-8-13)11-23(20,21)15-17-9-10-18(15)4/h5-10H,11H2,1-4H3. The van der Waals surface area contributed by atoms with Crippen molar-refractivity contribution < 1.29 is 17.9 Å². The molecule has 1 aromatic heterocycles. The molecular formula is C16H20N2O4S. The second-order valence-corrected chi connectivity index (χ2v) is 8.16. The van der Waals surface area contributed by atoms with Gasteiger partial charge in [0.1, 0.15) is 5.60 Å². The van der Waals surface area contributed by atoms with Crippen LogP contribution >= 0.6 is 0 Å². The number of rotatable bonds is 4. The maximum absolute atomic E-state index is 12.3. The number of aryl methyl sites for hydroxylation is 1. The maximum atomic E-state index is 12.3. The molecule has 23 heavy (non-hydrogen) atoms. The van der Waals surface area contributed by atoms with Crippen LogP contribution in [0.25, 0.3) is 0 Å². The highest BCUT2D eigenvalue weighted by Gasteiger charge is 2.21. The fourth-order valence-electron chi connectivity index (χ4n) is 2.01. The molecule has 0 fully saturated rings. The quantitative estimate of drug-likeness (QED) is 0.801. The zero-order valence-electron chi connectivity index (χ0n) is 13.6. The van der Waals surface area contributed by atoms with Gasteiger partial charge in [-0.1, -0.05) is 12.1 Å². The van der Waals surface area contributed by atoms with E-state index < -0.39 is 21.4 Å². The molecule has 1 heterocycles. The number of ether oxygens (including phenoxy) is 1. The van der Waals surface area contributed by atoms with Gasteiger partial charge in [0.2, 0.25) is 15.0 Å². The summed E-state index contributed by atoms with van der Waals surface area (Å²) in [7, 11) is -1.90. The van der Waals surface area contributed by atoms with Crippen LogP contribution in [0.4, 0.5) is 0 Å². The minimum absolute atomic E-state index is 0.0220. The number of hydrogen-bond donors (Lipinski definition) is 0. The number of carbonyl (C=O) groups excluding carboxylic acids is 1. The summed E-state index contributed by atoms with van der Waals surface area (Å²) >= 11 is 0. The van der Waals surface area contributed by atoms with E-state index in [1.807, 2.05) is 0 Å². The van der Waals surface area contributed by atoms with E-state index in [1.165, 1.54) is 10.8 Å². The molecule has 0 atom stereocenters. The second-order valence-electron chi connectivity index (χ2n) is 6.28. The third kappa shape index (κ3) is 4.41. The van der Waals surface area contributed by atoms with Gasteiger partial charge in [0, 0.05) is 19.4 Å². The van der Waals surface area contributed by atoms with E-state index in [0.717, 1.165) is 0 Å². The molecule has 0 saturated carbocycles. The van der Waals surface area contributed by atoms with E-state index >= 15 is 0 Å². The highest BCUT2D eigenvalue weighted by molar-refractivity contribution is 7.90. The van der Waals surface area contributed by atoms with Gasteiger partial charge in [-0.25, -0.2) is 18.2 Å². The Balaban J connectivity index is 2.15. The van der Waals surface area contributed by atoms with Gasteiger partial charge in [-0.3, -0.25) is 0 Å². The third-order valence-electron chi connectivity index (χ3n) is 3.00. The molecule has 0 aliphatic rings. The van der Waals surface area contributed by atoms with Gasteiger partial charge in [0.25, 0.3) is 0 Å². The van der Waals surface area contributed by atoms with Crippen molar-refractivity contribution in [2.45, 2.75) is 37.3 Å². The van der Waals surface area contributed by atoms with Crippen molar-refractivity contribution in [2.75, 3.05) is 0 Å². The summed E-state index contributed by atoms with van der Waals surface area (Å²) in [4.78, 5) is 15.8. The lowest BCUT2D eigenvalue weighted by Gasteiger charge is -2.19. The van der Waals surface area contributed by atoms with E-state index in [1.54, 1.807) is 58.3 Å². The molecule has 0 saturated heterocycles. The first-order chi connectivity index (χ1) is 10.6. The molecule has 6 nitrogen and oxygen atoms in total. The molecule has 0 aliphatic carbocycles. The van der Waals surface area contributed by atoms with Gasteiger partial charge in [-0.2, -0.15) is 0 Å². The van der Waals surface area contributed by atoms with E-state index in [0.29, 0.717) is 11.1 Å². The fourth-order valence-corrected chi connectivity index (χ4v) is 3.49. The largest absolute Gasteiger partial charge is 0.456 e. The molecule has 2 rings (SSSR count). The van der Waals surface area contributed by atoms with Crippen molar-refractivity contribution in [3.63, 3.8) is 0 Å². The van der Waals surface area contributed by atoms with Crippen LogP contribution in [0.2, 0.25) is 0 Å². The molecule has 0 aliphatic heterocycles. The van der Waals surface area contributed by atoms with Crippen LogP contribution < -0.4 is 0 Å². The summed E-state index contributed by atoms with van der Waals surface area (Å²) in [5, 5.41) is 0.0220. The minimum atomic E-state index is -3.53. The smallest absolute Gasteiger partial charge is 0.338 e. The highest BCUT2D eigenvalue weighted by Crippen LogP contribution is 2.17. The van der Waals surface area contributed by atoms with E-state index in [-0.39, 0.29) is 10.9 Å². The second kappa shape index (κ2) is 6.16. The Bertz CT molecular complexity index is 799. The summed E-state index contributed by atoms with van der Waals surface area (Å²) < 4.78 is 31.4. The average molecular weight is 336 g/mol. The van der Waals surface area contributed by atoms with Crippen molar-refractivity contribution in [2.24, 2.45) is 7.05 Å². The van der Waals surface area contributed by atoms with Gasteiger partial charge in [-0.05, 0) is 38.5 Å². The van der Waals surface area contributed by atoms with Crippen LogP contribution in [-0.4, -0.2) is 29.5 Å². The lowest BCUT2D eigenvalue weighted by molar-refractivity contribution is 0.00695. The molecule has 7 heteroatoms. The molecule has 0 bridgehead atoms. The predicted octanol–water partition coefficient (Wildman–Crippen LogP) is 2.35. The molecule has 0 N–H and O–H groups in total. The van der Waals surface area contributed by atoms with Gasteiger partial charge in [0.05, 0.1) is 11.3 Å². The normalized spacial score (nSPS) is 12.2. The van der Waals surface area contributed by atoms with Gasteiger partial charge in [-0.15, -0.1) is 0 Å². The van der Waals surface area contributed by atoms with Crippen molar-refractivity contribution in [1.29, 1.82) is 0 Å². The topological polar surface area (TPSA) is 78.3 Å². The van der Waals surface area contributed by atoms with Crippen LogP contribution in [0.3, 0.4) is 0 Å². The van der Waals surface area contributed by atoms with E-state index in [2.05, 4.69) is 4.98 Å². The zero-order valence-corrected chi connectivity index (χ0v) is 14.4. The number of nitrogens with zero attached hydrogens (tertiary/aromatic N) is 2. The Morgan fingerprint density at radius 1 is 1.22 bits per heavy atom. The molecule has 0 spiro atoms. The first-order valence-electron chi connectivity index (χ1n) is 7.11. The molecule has 2 aromatic rings. The lowest BCUT2D eigenvalue weighted by atomic mass is 10.1. The zero-order chi connectivity index (χ0) is 17.3. The molecule has 0 amide bonds. The van der Waals surface area contributed by atoms with Gasteiger partial charge in [0.15, 0.2) is 0 Å². The first kappa shape index (κ1) is 17.2. The van der Waals surface area contributed by atoms with Crippen LogP contribution in [0, 0.1) is 0 Å². The molecular weight excluding hydrogens is 316 g/mol. The molecule has 1 aromatic carbocycles. The first-order valence-corrected chi connectivity index (χ1v) is 8.76. The third-order valence-corrected chi connectivity index (χ3v) is 4.66. The van der Waals surface area contributed by atoms with E-state index in [9.17, 15) is 13.2 Å². The van der Waals surface area contributed by atoms with Gasteiger partial charge >= 0.3 is 5.97 Å². The summed E-state index contributed by atoms with van der Waals surface area (Å²) in [6.45, 7) is 5.37. The summed E-state index contributed by atoms with van der Waals surface area (Å²) in [5.74, 6) is -0.608. The molecule has 124 valence electrons. The van der Waals surface area contributed by atoms with Crippen LogP contribution in [0.5, 0.6) is 0 Å². The van der Waals surface area contributed by atoms with Crippen LogP contribution in [-0.2, 0) is 27.4 Å². The monoisotopic (exact) mass is 336 g/mol.